The van der Waals surface area contributed by atoms with Crippen molar-refractivity contribution in [3.63, 3.8) is 0 Å². The van der Waals surface area contributed by atoms with Gasteiger partial charge in [0.15, 0.2) is 0 Å². The highest BCUT2D eigenvalue weighted by Gasteiger charge is 2.33. The van der Waals surface area contributed by atoms with Gasteiger partial charge in [-0.05, 0) is 60.4 Å². The highest BCUT2D eigenvalue weighted by molar-refractivity contribution is 7.89. The summed E-state index contributed by atoms with van der Waals surface area (Å²) in [6, 6.07) is 23.3. The highest BCUT2D eigenvalue weighted by Crippen LogP contribution is 2.28. The van der Waals surface area contributed by atoms with Crippen LogP contribution in [-0.2, 0) is 14.8 Å². The number of carbonyl (C=O) groups is 1. The summed E-state index contributed by atoms with van der Waals surface area (Å²) in [4.78, 5) is 13.4. The molecular weight excluding hydrogens is 472 g/mol. The van der Waals surface area contributed by atoms with Crippen molar-refractivity contribution in [2.75, 3.05) is 20.2 Å². The molecule has 0 radical (unpaired) electrons. The summed E-state index contributed by atoms with van der Waals surface area (Å²) in [5.41, 5.74) is 1.92. The van der Waals surface area contributed by atoms with Crippen LogP contribution in [0.25, 0.3) is 0 Å². The topological polar surface area (TPSA) is 75.7 Å². The molecule has 4 rings (SSSR count). The van der Waals surface area contributed by atoms with Gasteiger partial charge in [-0.2, -0.15) is 4.31 Å². The first-order valence-electron chi connectivity index (χ1n) is 11.1. The van der Waals surface area contributed by atoms with Crippen molar-refractivity contribution in [1.82, 2.24) is 9.62 Å². The van der Waals surface area contributed by atoms with E-state index in [-0.39, 0.29) is 22.8 Å². The van der Waals surface area contributed by atoms with Gasteiger partial charge >= 0.3 is 0 Å². The van der Waals surface area contributed by atoms with Gasteiger partial charge < -0.3 is 10.1 Å². The van der Waals surface area contributed by atoms with E-state index in [1.165, 1.54) is 16.4 Å². The molecule has 0 aliphatic carbocycles. The van der Waals surface area contributed by atoms with Crippen molar-refractivity contribution in [1.29, 1.82) is 0 Å². The van der Waals surface area contributed by atoms with Gasteiger partial charge in [-0.15, -0.1) is 0 Å². The summed E-state index contributed by atoms with van der Waals surface area (Å²) in [7, 11) is -2.00. The fourth-order valence-electron chi connectivity index (χ4n) is 4.18. The number of ether oxygens (including phenoxy) is 1. The molecular formula is C26H27ClN2O4S. The Kier molecular flexibility index (Phi) is 7.56. The maximum Gasteiger partial charge on any atom is 0.243 e. The van der Waals surface area contributed by atoms with Gasteiger partial charge in [0.25, 0.3) is 0 Å². The molecule has 34 heavy (non-hydrogen) atoms. The minimum absolute atomic E-state index is 0.0757. The third-order valence-electron chi connectivity index (χ3n) is 6.14. The van der Waals surface area contributed by atoms with Crippen LogP contribution in [0.2, 0.25) is 5.02 Å². The maximum atomic E-state index is 13.2. The first kappa shape index (κ1) is 24.3. The monoisotopic (exact) mass is 498 g/mol. The molecule has 3 aromatic rings. The summed E-state index contributed by atoms with van der Waals surface area (Å²) in [5.74, 6) is 0.408. The van der Waals surface area contributed by atoms with E-state index in [4.69, 9.17) is 16.3 Å². The third kappa shape index (κ3) is 5.43. The molecule has 8 heteroatoms. The second kappa shape index (κ2) is 10.6. The van der Waals surface area contributed by atoms with Crippen molar-refractivity contribution in [2.24, 2.45) is 5.92 Å². The van der Waals surface area contributed by atoms with Crippen molar-refractivity contribution in [2.45, 2.75) is 23.8 Å². The Morgan fingerprint density at radius 3 is 2.12 bits per heavy atom. The molecule has 1 saturated heterocycles. The Morgan fingerprint density at radius 1 is 0.941 bits per heavy atom. The molecule has 1 atom stereocenters. The SMILES string of the molecule is COc1ccc([C@H](NC(=O)C2CCN(S(=O)(=O)c3ccc(Cl)cc3)CC2)c2ccccc2)cc1. The van der Waals surface area contributed by atoms with Crippen molar-refractivity contribution in [3.8, 4) is 5.75 Å². The summed E-state index contributed by atoms with van der Waals surface area (Å²) in [6.45, 7) is 0.586. The van der Waals surface area contributed by atoms with E-state index in [0.29, 0.717) is 31.0 Å². The maximum absolute atomic E-state index is 13.2. The van der Waals surface area contributed by atoms with Gasteiger partial charge in [0, 0.05) is 24.0 Å². The van der Waals surface area contributed by atoms with E-state index < -0.39 is 10.0 Å². The minimum Gasteiger partial charge on any atom is -0.497 e. The molecule has 1 amide bonds. The van der Waals surface area contributed by atoms with Crippen LogP contribution in [0.5, 0.6) is 5.75 Å². The number of halogens is 1. The van der Waals surface area contributed by atoms with E-state index in [9.17, 15) is 13.2 Å². The summed E-state index contributed by atoms with van der Waals surface area (Å²) in [6.07, 6.45) is 0.922. The van der Waals surface area contributed by atoms with Crippen molar-refractivity contribution in [3.05, 3.63) is 95.0 Å². The van der Waals surface area contributed by atoms with Crippen LogP contribution in [0.15, 0.2) is 83.8 Å². The lowest BCUT2D eigenvalue weighted by atomic mass is 9.94. The minimum atomic E-state index is -3.61. The van der Waals surface area contributed by atoms with Gasteiger partial charge in [-0.25, -0.2) is 8.42 Å². The Bertz CT molecular complexity index is 1210. The van der Waals surface area contributed by atoms with Crippen LogP contribution >= 0.6 is 11.6 Å². The molecule has 1 aliphatic rings. The first-order valence-corrected chi connectivity index (χ1v) is 13.0. The lowest BCUT2D eigenvalue weighted by Gasteiger charge is -2.31. The number of amides is 1. The number of piperidine rings is 1. The summed E-state index contributed by atoms with van der Waals surface area (Å²) in [5, 5.41) is 3.67. The molecule has 1 aliphatic heterocycles. The highest BCUT2D eigenvalue weighted by atomic mass is 35.5. The van der Waals surface area contributed by atoms with Crippen LogP contribution < -0.4 is 10.1 Å². The molecule has 0 spiro atoms. The van der Waals surface area contributed by atoms with E-state index >= 15 is 0 Å². The zero-order valence-electron chi connectivity index (χ0n) is 18.9. The van der Waals surface area contributed by atoms with Crippen molar-refractivity contribution >= 4 is 27.5 Å². The molecule has 1 heterocycles. The molecule has 1 fully saturated rings. The third-order valence-corrected chi connectivity index (χ3v) is 8.31. The molecule has 6 nitrogen and oxygen atoms in total. The predicted molar refractivity (Wildman–Crippen MR) is 132 cm³/mol. The molecule has 3 aromatic carbocycles. The van der Waals surface area contributed by atoms with Crippen LogP contribution in [-0.4, -0.2) is 38.8 Å². The number of benzene rings is 3. The quantitative estimate of drug-likeness (QED) is 0.514. The van der Waals surface area contributed by atoms with Crippen LogP contribution in [0, 0.1) is 5.92 Å². The van der Waals surface area contributed by atoms with Gasteiger partial charge in [0.2, 0.25) is 15.9 Å². The van der Waals surface area contributed by atoms with Gasteiger partial charge in [0.05, 0.1) is 18.0 Å². The molecule has 0 aromatic heterocycles. The van der Waals surface area contributed by atoms with Crippen LogP contribution in [0.3, 0.4) is 0 Å². The molecule has 0 bridgehead atoms. The average molecular weight is 499 g/mol. The largest absolute Gasteiger partial charge is 0.497 e. The number of rotatable bonds is 7. The van der Waals surface area contributed by atoms with Gasteiger partial charge in [-0.1, -0.05) is 54.1 Å². The number of methoxy groups -OCH3 is 1. The van der Waals surface area contributed by atoms with E-state index in [1.54, 1.807) is 19.2 Å². The number of hydrogen-bond donors (Lipinski definition) is 1. The summed E-state index contributed by atoms with van der Waals surface area (Å²) >= 11 is 5.89. The zero-order valence-corrected chi connectivity index (χ0v) is 20.4. The number of carbonyl (C=O) groups excluding carboxylic acids is 1. The fraction of sp³-hybridized carbons (Fsp3) is 0.269. The second-order valence-electron chi connectivity index (χ2n) is 8.26. The first-order chi connectivity index (χ1) is 16.4. The zero-order chi connectivity index (χ0) is 24.1. The predicted octanol–water partition coefficient (Wildman–Crippen LogP) is 4.66. The van der Waals surface area contributed by atoms with Crippen LogP contribution in [0.1, 0.15) is 30.0 Å². The van der Waals surface area contributed by atoms with Gasteiger partial charge in [-0.3, -0.25) is 4.79 Å². The van der Waals surface area contributed by atoms with Crippen LogP contribution in [0.4, 0.5) is 0 Å². The van der Waals surface area contributed by atoms with E-state index in [1.807, 2.05) is 54.6 Å². The molecule has 1 N–H and O–H groups in total. The lowest BCUT2D eigenvalue weighted by molar-refractivity contribution is -0.126. The molecule has 178 valence electrons. The standard InChI is InChI=1S/C26H27ClN2O4S/c1-33-23-11-7-20(8-12-23)25(19-5-3-2-4-6-19)28-26(30)21-15-17-29(18-16-21)34(31,32)24-13-9-22(27)10-14-24/h2-14,21,25H,15-18H2,1H3,(H,28,30)/t25-/m1/s1. The van der Waals surface area contributed by atoms with E-state index in [0.717, 1.165) is 16.9 Å². The number of sulfonamides is 1. The number of hydrogen-bond acceptors (Lipinski definition) is 4. The lowest BCUT2D eigenvalue weighted by Crippen LogP contribution is -2.43. The van der Waals surface area contributed by atoms with E-state index in [2.05, 4.69) is 5.32 Å². The average Bonchev–Trinajstić information content (AvgIpc) is 2.88. The molecule has 0 saturated carbocycles. The molecule has 0 unspecified atom stereocenters. The Hall–Kier alpha value is -2.87. The Morgan fingerprint density at radius 2 is 1.53 bits per heavy atom. The van der Waals surface area contributed by atoms with Crippen molar-refractivity contribution < 1.29 is 17.9 Å². The normalized spacial score (nSPS) is 16.1. The summed E-state index contributed by atoms with van der Waals surface area (Å²) < 4.78 is 32.6. The second-order valence-corrected chi connectivity index (χ2v) is 10.6. The number of nitrogens with one attached hydrogen (secondary N) is 1. The Labute approximate surface area is 205 Å². The smallest absolute Gasteiger partial charge is 0.243 e. The van der Waals surface area contributed by atoms with Gasteiger partial charge in [0.1, 0.15) is 5.75 Å². The number of nitrogens with zero attached hydrogens (tertiary/aromatic N) is 1. The fourth-order valence-corrected chi connectivity index (χ4v) is 5.77. The Balaban J connectivity index is 1.45.